The summed E-state index contributed by atoms with van der Waals surface area (Å²) in [4.78, 5) is 15.9. The van der Waals surface area contributed by atoms with E-state index in [1.54, 1.807) is 18.2 Å². The van der Waals surface area contributed by atoms with Gasteiger partial charge in [-0.25, -0.2) is 18.3 Å². The molecule has 0 amide bonds. The normalized spacial score (nSPS) is 17.1. The van der Waals surface area contributed by atoms with Crippen molar-refractivity contribution in [2.75, 3.05) is 7.11 Å². The zero-order chi connectivity index (χ0) is 23.7. The highest BCUT2D eigenvalue weighted by molar-refractivity contribution is 5.90. The van der Waals surface area contributed by atoms with E-state index in [0.717, 1.165) is 6.07 Å². The smallest absolute Gasteiger partial charge is 0.337 e. The summed E-state index contributed by atoms with van der Waals surface area (Å²) in [6.45, 7) is 0. The van der Waals surface area contributed by atoms with Crippen LogP contribution in [0.5, 0.6) is 0 Å². The van der Waals surface area contributed by atoms with Gasteiger partial charge in [0.15, 0.2) is 5.69 Å². The lowest BCUT2D eigenvalue weighted by Crippen LogP contribution is -2.20. The van der Waals surface area contributed by atoms with Crippen LogP contribution in [-0.2, 0) is 4.74 Å². The Morgan fingerprint density at radius 3 is 2.65 bits per heavy atom. The molecule has 1 aliphatic rings. The van der Waals surface area contributed by atoms with Crippen molar-refractivity contribution in [3.8, 4) is 34.2 Å². The lowest BCUT2D eigenvalue weighted by Gasteiger charge is -2.19. The highest BCUT2D eigenvalue weighted by atomic mass is 19.1. The van der Waals surface area contributed by atoms with E-state index in [1.165, 1.54) is 30.0 Å². The van der Waals surface area contributed by atoms with Crippen LogP contribution in [0.4, 0.5) is 8.78 Å². The summed E-state index contributed by atoms with van der Waals surface area (Å²) in [5.41, 5.74) is 1.50. The topological polar surface area (TPSA) is 95.9 Å². The SMILES string of the molecule is COC(=O)c1ccc(-c2noc(-c3nnn(C4C=CC=CC4F)c3-c3ccccc3)n2)c(F)c1. The monoisotopic (exact) mass is 461 g/mol. The third-order valence-electron chi connectivity index (χ3n) is 5.32. The van der Waals surface area contributed by atoms with Crippen LogP contribution in [0.25, 0.3) is 34.2 Å². The molecule has 2 aromatic carbocycles. The molecule has 0 radical (unpaired) electrons. The van der Waals surface area contributed by atoms with Gasteiger partial charge in [0.05, 0.1) is 18.2 Å². The van der Waals surface area contributed by atoms with Gasteiger partial charge in [0.2, 0.25) is 5.82 Å². The average Bonchev–Trinajstić information content (AvgIpc) is 3.52. The first-order chi connectivity index (χ1) is 16.6. The number of benzene rings is 2. The summed E-state index contributed by atoms with van der Waals surface area (Å²) in [5.74, 6) is -1.44. The number of hydrogen-bond acceptors (Lipinski definition) is 7. The number of nitrogens with zero attached hydrogens (tertiary/aromatic N) is 5. The Labute approximate surface area is 192 Å². The summed E-state index contributed by atoms with van der Waals surface area (Å²) in [6.07, 6.45) is 5.19. The molecule has 2 aromatic heterocycles. The number of carbonyl (C=O) groups is 1. The Morgan fingerprint density at radius 2 is 1.91 bits per heavy atom. The molecule has 0 spiro atoms. The first-order valence-electron chi connectivity index (χ1n) is 10.3. The van der Waals surface area contributed by atoms with E-state index in [2.05, 4.69) is 25.2 Å². The predicted octanol–water partition coefficient (Wildman–Crippen LogP) is 4.59. The Balaban J connectivity index is 1.58. The first-order valence-corrected chi connectivity index (χ1v) is 10.3. The van der Waals surface area contributed by atoms with Gasteiger partial charge in [0.25, 0.3) is 5.89 Å². The maximum Gasteiger partial charge on any atom is 0.337 e. The standard InChI is InChI=1S/C24H17F2N5O3/c1-33-24(32)15-11-12-16(18(26)13-15)22-27-23(34-29-22)20-21(14-7-3-2-4-8-14)31(30-28-20)19-10-6-5-9-17(19)25/h2-13,17,19H,1H3. The van der Waals surface area contributed by atoms with Crippen molar-refractivity contribution in [2.45, 2.75) is 12.2 Å². The zero-order valence-corrected chi connectivity index (χ0v) is 17.8. The fraction of sp³-hybridized carbons (Fsp3) is 0.125. The molecule has 0 N–H and O–H groups in total. The number of methoxy groups -OCH3 is 1. The third kappa shape index (κ3) is 3.79. The van der Waals surface area contributed by atoms with E-state index in [0.29, 0.717) is 11.3 Å². The lowest BCUT2D eigenvalue weighted by atomic mass is 10.0. The van der Waals surface area contributed by atoms with Gasteiger partial charge in [0, 0.05) is 5.56 Å². The second kappa shape index (κ2) is 8.81. The molecule has 10 heteroatoms. The molecular formula is C24H17F2N5O3. The second-order valence-corrected chi connectivity index (χ2v) is 7.41. The summed E-state index contributed by atoms with van der Waals surface area (Å²) >= 11 is 0. The molecule has 2 atom stereocenters. The van der Waals surface area contributed by atoms with Gasteiger partial charge in [-0.15, -0.1) is 5.10 Å². The first kappa shape index (κ1) is 21.4. The van der Waals surface area contributed by atoms with E-state index in [4.69, 9.17) is 4.52 Å². The zero-order valence-electron chi connectivity index (χ0n) is 17.8. The number of allylic oxidation sites excluding steroid dienone is 4. The van der Waals surface area contributed by atoms with Gasteiger partial charge < -0.3 is 9.26 Å². The molecule has 8 nitrogen and oxygen atoms in total. The predicted molar refractivity (Wildman–Crippen MR) is 118 cm³/mol. The van der Waals surface area contributed by atoms with Crippen molar-refractivity contribution in [3.63, 3.8) is 0 Å². The fourth-order valence-electron chi connectivity index (χ4n) is 3.67. The molecule has 0 fully saturated rings. The van der Waals surface area contributed by atoms with Crippen molar-refractivity contribution in [2.24, 2.45) is 0 Å². The molecule has 0 saturated heterocycles. The lowest BCUT2D eigenvalue weighted by molar-refractivity contribution is 0.0600. The van der Waals surface area contributed by atoms with E-state index in [9.17, 15) is 13.6 Å². The minimum atomic E-state index is -1.30. The maximum atomic E-state index is 14.7. The largest absolute Gasteiger partial charge is 0.465 e. The van der Waals surface area contributed by atoms with Crippen LogP contribution in [0.1, 0.15) is 16.4 Å². The van der Waals surface area contributed by atoms with Gasteiger partial charge in [-0.1, -0.05) is 58.9 Å². The third-order valence-corrected chi connectivity index (χ3v) is 5.32. The van der Waals surface area contributed by atoms with Gasteiger partial charge in [-0.05, 0) is 24.3 Å². The fourth-order valence-corrected chi connectivity index (χ4v) is 3.67. The van der Waals surface area contributed by atoms with E-state index in [-0.39, 0.29) is 28.5 Å². The van der Waals surface area contributed by atoms with E-state index in [1.807, 2.05) is 30.3 Å². The quantitative estimate of drug-likeness (QED) is 0.401. The van der Waals surface area contributed by atoms with Crippen molar-refractivity contribution >= 4 is 5.97 Å². The minimum Gasteiger partial charge on any atom is -0.465 e. The molecule has 1 aliphatic carbocycles. The molecule has 170 valence electrons. The molecule has 5 rings (SSSR count). The summed E-state index contributed by atoms with van der Waals surface area (Å²) < 4.78 is 40.8. The summed E-state index contributed by atoms with van der Waals surface area (Å²) in [5, 5.41) is 12.2. The summed E-state index contributed by atoms with van der Waals surface area (Å²) in [6, 6.07) is 12.3. The van der Waals surface area contributed by atoms with E-state index < -0.39 is 24.0 Å². The van der Waals surface area contributed by atoms with Crippen LogP contribution >= 0.6 is 0 Å². The van der Waals surface area contributed by atoms with Gasteiger partial charge in [-0.2, -0.15) is 4.98 Å². The van der Waals surface area contributed by atoms with Crippen LogP contribution < -0.4 is 0 Å². The van der Waals surface area contributed by atoms with E-state index >= 15 is 0 Å². The number of halogens is 2. The molecule has 2 unspecified atom stereocenters. The van der Waals surface area contributed by atoms with Gasteiger partial charge >= 0.3 is 5.97 Å². The minimum absolute atomic E-state index is 0.0118. The number of alkyl halides is 1. The van der Waals surface area contributed by atoms with Crippen LogP contribution in [0.15, 0.2) is 77.4 Å². The van der Waals surface area contributed by atoms with Crippen molar-refractivity contribution < 1.29 is 22.8 Å². The van der Waals surface area contributed by atoms with Crippen LogP contribution in [-0.4, -0.2) is 44.4 Å². The van der Waals surface area contributed by atoms with Crippen LogP contribution in [0.2, 0.25) is 0 Å². The molecule has 4 aromatic rings. The maximum absolute atomic E-state index is 14.7. The molecule has 0 bridgehead atoms. The van der Waals surface area contributed by atoms with Crippen LogP contribution in [0.3, 0.4) is 0 Å². The van der Waals surface area contributed by atoms with Crippen molar-refractivity contribution in [3.05, 3.63) is 84.2 Å². The van der Waals surface area contributed by atoms with Crippen LogP contribution in [0, 0.1) is 5.82 Å². The molecular weight excluding hydrogens is 444 g/mol. The number of ether oxygens (including phenoxy) is 1. The average molecular weight is 461 g/mol. The molecule has 34 heavy (non-hydrogen) atoms. The summed E-state index contributed by atoms with van der Waals surface area (Å²) in [7, 11) is 1.21. The molecule has 0 saturated carbocycles. The highest BCUT2D eigenvalue weighted by Gasteiger charge is 2.29. The van der Waals surface area contributed by atoms with Gasteiger partial charge in [0.1, 0.15) is 23.7 Å². The number of rotatable bonds is 5. The number of esters is 1. The number of aromatic nitrogens is 5. The number of carbonyl (C=O) groups excluding carboxylic acids is 1. The highest BCUT2D eigenvalue weighted by Crippen LogP contribution is 2.35. The Morgan fingerprint density at radius 1 is 1.12 bits per heavy atom. The van der Waals surface area contributed by atoms with Crippen molar-refractivity contribution in [1.29, 1.82) is 0 Å². The van der Waals surface area contributed by atoms with Gasteiger partial charge in [-0.3, -0.25) is 0 Å². The van der Waals surface area contributed by atoms with Crippen molar-refractivity contribution in [1.82, 2.24) is 25.1 Å². The Hall–Kier alpha value is -4.47. The molecule has 2 heterocycles. The Kier molecular flexibility index (Phi) is 5.54. The Bertz CT molecular complexity index is 1410. The number of hydrogen-bond donors (Lipinski definition) is 0. The second-order valence-electron chi connectivity index (χ2n) is 7.41. The molecule has 0 aliphatic heterocycles.